The molecule has 1 aliphatic rings. The second-order valence-electron chi connectivity index (χ2n) is 6.97. The zero-order valence-corrected chi connectivity index (χ0v) is 16.6. The van der Waals surface area contributed by atoms with Crippen molar-refractivity contribution in [1.82, 2.24) is 5.48 Å². The van der Waals surface area contributed by atoms with Crippen LogP contribution in [0.25, 0.3) is 0 Å². The molecule has 6 heteroatoms. The summed E-state index contributed by atoms with van der Waals surface area (Å²) in [4.78, 5) is 27.5. The third-order valence-corrected chi connectivity index (χ3v) is 6.95. The normalized spacial score (nSPS) is 19.0. The van der Waals surface area contributed by atoms with E-state index in [0.29, 0.717) is 12.1 Å². The first-order valence-electron chi connectivity index (χ1n) is 8.75. The Labute approximate surface area is 161 Å². The lowest BCUT2D eigenvalue weighted by Gasteiger charge is -2.36. The first kappa shape index (κ1) is 19.3. The van der Waals surface area contributed by atoms with E-state index in [1.165, 1.54) is 10.5 Å². The van der Waals surface area contributed by atoms with Gasteiger partial charge in [0.25, 0.3) is 5.91 Å². The Morgan fingerprint density at radius 3 is 2.44 bits per heavy atom. The van der Waals surface area contributed by atoms with Crippen LogP contribution in [-0.4, -0.2) is 34.7 Å². The molecule has 2 aromatic rings. The number of hydrogen-bond donors (Lipinski definition) is 2. The summed E-state index contributed by atoms with van der Waals surface area (Å²) in [5.74, 6) is 3.57. The molecule has 142 valence electrons. The molecule has 0 aliphatic carbocycles. The van der Waals surface area contributed by atoms with E-state index < -0.39 is 16.4 Å². The highest BCUT2D eigenvalue weighted by molar-refractivity contribution is 8.15. The van der Waals surface area contributed by atoms with Gasteiger partial charge in [0.15, 0.2) is 0 Å². The van der Waals surface area contributed by atoms with E-state index >= 15 is 0 Å². The minimum absolute atomic E-state index is 0.131. The molecule has 2 amide bonds. The number of nitrogens with one attached hydrogen (secondary N) is 1. The van der Waals surface area contributed by atoms with Crippen molar-refractivity contribution in [2.45, 2.75) is 37.3 Å². The molecule has 27 heavy (non-hydrogen) atoms. The quantitative estimate of drug-likeness (QED) is 0.483. The smallest absolute Gasteiger partial charge is 0.263 e. The monoisotopic (exact) mass is 384 g/mol. The summed E-state index contributed by atoms with van der Waals surface area (Å²) < 4.78 is 0. The predicted octanol–water partition coefficient (Wildman–Crippen LogP) is 3.13. The summed E-state index contributed by atoms with van der Waals surface area (Å²) in [6.45, 7) is 5.82. The van der Waals surface area contributed by atoms with Crippen LogP contribution in [0, 0.1) is 20.8 Å². The van der Waals surface area contributed by atoms with Crippen LogP contribution in [0.5, 0.6) is 0 Å². The van der Waals surface area contributed by atoms with Gasteiger partial charge >= 0.3 is 0 Å². The molecule has 1 aliphatic heterocycles. The number of amides is 2. The highest BCUT2D eigenvalue weighted by Crippen LogP contribution is 2.45. The maximum atomic E-state index is 13.2. The van der Waals surface area contributed by atoms with E-state index in [9.17, 15) is 9.59 Å². The van der Waals surface area contributed by atoms with E-state index in [2.05, 4.69) is 11.9 Å². The number of hydroxylamine groups is 1. The summed E-state index contributed by atoms with van der Waals surface area (Å²) >= 11 is 0. The van der Waals surface area contributed by atoms with Crippen LogP contribution < -0.4 is 10.4 Å². The molecular weight excluding hydrogens is 360 g/mol. The summed E-state index contributed by atoms with van der Waals surface area (Å²) in [6, 6.07) is 12.1. The lowest BCUT2D eigenvalue weighted by Crippen LogP contribution is -2.47. The summed E-state index contributed by atoms with van der Waals surface area (Å²) in [5.41, 5.74) is 6.75. The zero-order chi connectivity index (χ0) is 19.7. The van der Waals surface area contributed by atoms with Gasteiger partial charge in [-0.25, -0.2) is 5.48 Å². The largest absolute Gasteiger partial charge is 0.301 e. The molecule has 0 saturated heterocycles. The summed E-state index contributed by atoms with van der Waals surface area (Å²) in [6.07, 6.45) is 0.565. The molecule has 0 radical (unpaired) electrons. The van der Waals surface area contributed by atoms with Crippen LogP contribution in [0.1, 0.15) is 22.3 Å². The van der Waals surface area contributed by atoms with Crippen LogP contribution in [0.2, 0.25) is 0 Å². The van der Waals surface area contributed by atoms with Gasteiger partial charge in [0.05, 0.1) is 10.9 Å². The number of aryl methyl sites for hydroxylation is 3. The molecule has 5 nitrogen and oxygen atoms in total. The highest BCUT2D eigenvalue weighted by atomic mass is 32.2. The van der Waals surface area contributed by atoms with E-state index in [1.54, 1.807) is 5.48 Å². The third-order valence-electron chi connectivity index (χ3n) is 5.00. The van der Waals surface area contributed by atoms with Crippen molar-refractivity contribution in [3.63, 3.8) is 0 Å². The number of rotatable bonds is 4. The lowest BCUT2D eigenvalue weighted by atomic mass is 10.1. The van der Waals surface area contributed by atoms with Crippen molar-refractivity contribution in [3.05, 3.63) is 58.7 Å². The fraction of sp³-hybridized carbons (Fsp3) is 0.286. The molecule has 2 unspecified atom stereocenters. The van der Waals surface area contributed by atoms with Crippen molar-refractivity contribution < 1.29 is 14.8 Å². The van der Waals surface area contributed by atoms with Crippen LogP contribution in [0.4, 0.5) is 5.69 Å². The van der Waals surface area contributed by atoms with Crippen LogP contribution in [-0.2, 0) is 16.0 Å². The van der Waals surface area contributed by atoms with E-state index in [1.807, 2.05) is 51.1 Å². The second-order valence-corrected chi connectivity index (χ2v) is 8.84. The van der Waals surface area contributed by atoms with Crippen molar-refractivity contribution in [2.24, 2.45) is 0 Å². The molecule has 0 aromatic heterocycles. The third kappa shape index (κ3) is 3.82. The van der Waals surface area contributed by atoms with Gasteiger partial charge in [-0.3, -0.25) is 14.8 Å². The molecule has 0 spiro atoms. The molecule has 3 rings (SSSR count). The van der Waals surface area contributed by atoms with Gasteiger partial charge < -0.3 is 4.90 Å². The van der Waals surface area contributed by atoms with Crippen LogP contribution in [0.15, 0.2) is 41.3 Å². The number of carbonyl (C=O) groups is 2. The first-order valence-corrected chi connectivity index (χ1v) is 10.2. The Bertz CT molecular complexity index is 922. The SMILES string of the molecule is C=S1c2cc(C)c(C)cc2N(CC(=O)NO)C(=O)C1Cc1ccc(C)cc1. The molecule has 0 fully saturated rings. The van der Waals surface area contributed by atoms with Gasteiger partial charge in [0.1, 0.15) is 6.54 Å². The lowest BCUT2D eigenvalue weighted by molar-refractivity contribution is -0.129. The molecule has 2 aromatic carbocycles. The molecular formula is C21H24N2O3S. The maximum absolute atomic E-state index is 13.2. The Hall–Kier alpha value is -2.44. The van der Waals surface area contributed by atoms with Gasteiger partial charge in [-0.15, -0.1) is 10.5 Å². The number of fused-ring (bicyclic) bond motifs is 1. The fourth-order valence-electron chi connectivity index (χ4n) is 3.23. The van der Waals surface area contributed by atoms with Crippen molar-refractivity contribution >= 4 is 33.9 Å². The minimum atomic E-state index is -0.618. The minimum Gasteiger partial charge on any atom is -0.301 e. The summed E-state index contributed by atoms with van der Waals surface area (Å²) in [5, 5.41) is 8.59. The molecule has 1 heterocycles. The van der Waals surface area contributed by atoms with E-state index in [0.717, 1.165) is 21.6 Å². The predicted molar refractivity (Wildman–Crippen MR) is 110 cm³/mol. The maximum Gasteiger partial charge on any atom is 0.263 e. The van der Waals surface area contributed by atoms with Gasteiger partial charge in [-0.2, -0.15) is 0 Å². The van der Waals surface area contributed by atoms with Gasteiger partial charge in [0.2, 0.25) is 5.91 Å². The first-order chi connectivity index (χ1) is 12.8. The fourth-order valence-corrected chi connectivity index (χ4v) is 5.07. The van der Waals surface area contributed by atoms with Crippen molar-refractivity contribution in [2.75, 3.05) is 11.4 Å². The molecule has 2 N–H and O–H groups in total. The Balaban J connectivity index is 2.04. The number of hydrogen-bond acceptors (Lipinski definition) is 3. The Kier molecular flexibility index (Phi) is 5.48. The van der Waals surface area contributed by atoms with Gasteiger partial charge in [0, 0.05) is 4.90 Å². The zero-order valence-electron chi connectivity index (χ0n) is 15.8. The number of anilines is 1. The van der Waals surface area contributed by atoms with Gasteiger partial charge in [-0.05, 0) is 56.0 Å². The standard InChI is InChI=1S/C21H24N2O3S/c1-13-5-7-16(8-6-13)11-19-21(25)23(12-20(24)22-26)17-9-14(2)15(3)10-18(17)27(19)4/h5-10,19,26H,4,11-12H2,1-3H3,(H,22,24). The van der Waals surface area contributed by atoms with Gasteiger partial charge in [-0.1, -0.05) is 35.7 Å². The summed E-state index contributed by atoms with van der Waals surface area (Å²) in [7, 11) is -0.530. The van der Waals surface area contributed by atoms with E-state index in [4.69, 9.17) is 5.21 Å². The second kappa shape index (κ2) is 7.66. The van der Waals surface area contributed by atoms with Crippen LogP contribution in [0.3, 0.4) is 0 Å². The van der Waals surface area contributed by atoms with Crippen LogP contribution >= 0.6 is 10.5 Å². The molecule has 2 atom stereocenters. The number of benzene rings is 2. The van der Waals surface area contributed by atoms with Crippen molar-refractivity contribution in [3.8, 4) is 0 Å². The number of nitrogens with zero attached hydrogens (tertiary/aromatic N) is 1. The highest BCUT2D eigenvalue weighted by Gasteiger charge is 2.36. The molecule has 0 bridgehead atoms. The Morgan fingerprint density at radius 1 is 1.19 bits per heavy atom. The van der Waals surface area contributed by atoms with Crippen molar-refractivity contribution in [1.29, 1.82) is 0 Å². The topological polar surface area (TPSA) is 69.6 Å². The number of carbonyl (C=O) groups excluding carboxylic acids is 2. The average Bonchev–Trinajstić information content (AvgIpc) is 2.65. The Morgan fingerprint density at radius 2 is 1.81 bits per heavy atom. The van der Waals surface area contributed by atoms with E-state index in [-0.39, 0.29) is 17.7 Å². The average molecular weight is 385 g/mol. The molecule has 0 saturated carbocycles.